The van der Waals surface area contributed by atoms with Crippen LogP contribution in [0.2, 0.25) is 0 Å². The van der Waals surface area contributed by atoms with Gasteiger partial charge in [0.1, 0.15) is 0 Å². The van der Waals surface area contributed by atoms with E-state index in [1.807, 2.05) is 31.2 Å². The summed E-state index contributed by atoms with van der Waals surface area (Å²) < 4.78 is 5.52. The van der Waals surface area contributed by atoms with E-state index >= 15 is 0 Å². The summed E-state index contributed by atoms with van der Waals surface area (Å²) in [7, 11) is 0. The molecular formula is C13H17NO2. The normalized spacial score (nSPS) is 16.2. The maximum Gasteiger partial charge on any atom is 0.169 e. The Hall–Kier alpha value is -1.37. The maximum atomic E-state index is 9.35. The highest BCUT2D eigenvalue weighted by Gasteiger charge is 2.19. The van der Waals surface area contributed by atoms with E-state index in [1.54, 1.807) is 13.8 Å². The molecule has 0 saturated heterocycles. The lowest BCUT2D eigenvalue weighted by Crippen LogP contribution is -2.24. The maximum absolute atomic E-state index is 9.35. The van der Waals surface area contributed by atoms with Crippen molar-refractivity contribution in [3.8, 4) is 6.07 Å². The number of ether oxygens (including phenoxy) is 1. The first-order valence-corrected chi connectivity index (χ1v) is 5.35. The quantitative estimate of drug-likeness (QED) is 0.845. The number of aryl methyl sites for hydroxylation is 1. The van der Waals surface area contributed by atoms with E-state index in [0.717, 1.165) is 11.1 Å². The van der Waals surface area contributed by atoms with Crippen molar-refractivity contribution < 1.29 is 9.84 Å². The Morgan fingerprint density at radius 1 is 1.31 bits per heavy atom. The molecule has 0 aliphatic carbocycles. The van der Waals surface area contributed by atoms with Crippen molar-refractivity contribution in [2.24, 2.45) is 0 Å². The predicted molar refractivity (Wildman–Crippen MR) is 61.8 cm³/mol. The van der Waals surface area contributed by atoms with Crippen LogP contribution in [0.1, 0.15) is 31.1 Å². The molecular weight excluding hydrogens is 202 g/mol. The summed E-state index contributed by atoms with van der Waals surface area (Å²) in [5.74, 6) is 0. The van der Waals surface area contributed by atoms with Crippen LogP contribution < -0.4 is 0 Å². The minimum Gasteiger partial charge on any atom is -0.391 e. The van der Waals surface area contributed by atoms with E-state index in [-0.39, 0.29) is 6.10 Å². The second-order valence-corrected chi connectivity index (χ2v) is 3.95. The van der Waals surface area contributed by atoms with Crippen molar-refractivity contribution in [3.63, 3.8) is 0 Å². The molecule has 3 unspecified atom stereocenters. The fraction of sp³-hybridized carbons (Fsp3) is 0.462. The van der Waals surface area contributed by atoms with Crippen molar-refractivity contribution >= 4 is 0 Å². The molecule has 0 aliphatic heterocycles. The summed E-state index contributed by atoms with van der Waals surface area (Å²) in [4.78, 5) is 0. The molecule has 0 radical (unpaired) electrons. The van der Waals surface area contributed by atoms with Crippen LogP contribution >= 0.6 is 0 Å². The fourth-order valence-corrected chi connectivity index (χ4v) is 1.38. The van der Waals surface area contributed by atoms with E-state index in [2.05, 4.69) is 6.07 Å². The third kappa shape index (κ3) is 3.06. The molecule has 1 rings (SSSR count). The van der Waals surface area contributed by atoms with Crippen LogP contribution in [0, 0.1) is 18.3 Å². The molecule has 3 heteroatoms. The van der Waals surface area contributed by atoms with E-state index in [0.29, 0.717) is 0 Å². The minimum atomic E-state index is -0.620. The van der Waals surface area contributed by atoms with Gasteiger partial charge in [-0.1, -0.05) is 24.3 Å². The molecule has 0 bridgehead atoms. The van der Waals surface area contributed by atoms with Crippen LogP contribution in [0.5, 0.6) is 0 Å². The van der Waals surface area contributed by atoms with E-state index in [1.165, 1.54) is 0 Å². The number of benzene rings is 1. The van der Waals surface area contributed by atoms with Gasteiger partial charge in [-0.05, 0) is 31.9 Å². The van der Waals surface area contributed by atoms with Gasteiger partial charge in [-0.3, -0.25) is 0 Å². The summed E-state index contributed by atoms with van der Waals surface area (Å²) >= 11 is 0. The summed E-state index contributed by atoms with van der Waals surface area (Å²) in [5, 5.41) is 18.4. The van der Waals surface area contributed by atoms with Gasteiger partial charge >= 0.3 is 0 Å². The average molecular weight is 219 g/mol. The Balaban J connectivity index is 2.84. The molecule has 0 saturated carbocycles. The third-order valence-corrected chi connectivity index (χ3v) is 2.62. The zero-order valence-corrected chi connectivity index (χ0v) is 9.84. The van der Waals surface area contributed by atoms with Gasteiger partial charge < -0.3 is 9.84 Å². The van der Waals surface area contributed by atoms with Crippen LogP contribution in [0.4, 0.5) is 0 Å². The second-order valence-electron chi connectivity index (χ2n) is 3.95. The topological polar surface area (TPSA) is 53.2 Å². The molecule has 3 atom stereocenters. The van der Waals surface area contributed by atoms with Crippen molar-refractivity contribution in [3.05, 3.63) is 35.4 Å². The highest BCUT2D eigenvalue weighted by atomic mass is 16.5. The van der Waals surface area contributed by atoms with Crippen LogP contribution in [-0.4, -0.2) is 17.3 Å². The molecule has 3 nitrogen and oxygen atoms in total. The van der Waals surface area contributed by atoms with Crippen molar-refractivity contribution in [1.29, 1.82) is 5.26 Å². The Morgan fingerprint density at radius 2 is 1.94 bits per heavy atom. The van der Waals surface area contributed by atoms with Gasteiger partial charge in [-0.15, -0.1) is 0 Å². The molecule has 0 aromatic heterocycles. The lowest BCUT2D eigenvalue weighted by Gasteiger charge is -2.20. The number of aliphatic hydroxyl groups is 1. The molecule has 1 aromatic carbocycles. The first-order chi connectivity index (χ1) is 7.56. The summed E-state index contributed by atoms with van der Waals surface area (Å²) in [6, 6.07) is 9.73. The van der Waals surface area contributed by atoms with Gasteiger partial charge in [0.25, 0.3) is 0 Å². The highest BCUT2D eigenvalue weighted by Crippen LogP contribution is 2.22. The lowest BCUT2D eigenvalue weighted by atomic mass is 10.0. The van der Waals surface area contributed by atoms with Crippen LogP contribution in [-0.2, 0) is 4.74 Å². The van der Waals surface area contributed by atoms with Crippen molar-refractivity contribution in [1.82, 2.24) is 0 Å². The SMILES string of the molecule is Cc1ccccc1C(C#N)OC(C)C(C)O. The number of hydrogen-bond donors (Lipinski definition) is 1. The molecule has 0 spiro atoms. The monoisotopic (exact) mass is 219 g/mol. The second kappa shape index (κ2) is 5.64. The molecule has 86 valence electrons. The minimum absolute atomic E-state index is 0.357. The summed E-state index contributed by atoms with van der Waals surface area (Å²) in [5.41, 5.74) is 1.88. The molecule has 0 aliphatic rings. The first kappa shape index (κ1) is 12.7. The average Bonchev–Trinajstić information content (AvgIpc) is 2.26. The Labute approximate surface area is 96.3 Å². The lowest BCUT2D eigenvalue weighted by molar-refractivity contribution is -0.0427. The van der Waals surface area contributed by atoms with Gasteiger partial charge in [0.05, 0.1) is 18.3 Å². The summed E-state index contributed by atoms with van der Waals surface area (Å²) in [6.07, 6.45) is -1.56. The molecule has 0 fully saturated rings. The van der Waals surface area contributed by atoms with E-state index < -0.39 is 12.2 Å². The third-order valence-electron chi connectivity index (χ3n) is 2.62. The van der Waals surface area contributed by atoms with Crippen LogP contribution in [0.25, 0.3) is 0 Å². The van der Waals surface area contributed by atoms with Gasteiger partial charge in [-0.25, -0.2) is 0 Å². The van der Waals surface area contributed by atoms with Gasteiger partial charge in [0, 0.05) is 0 Å². The number of rotatable bonds is 4. The molecule has 0 amide bonds. The molecule has 16 heavy (non-hydrogen) atoms. The zero-order valence-electron chi connectivity index (χ0n) is 9.84. The highest BCUT2D eigenvalue weighted by molar-refractivity contribution is 5.30. The van der Waals surface area contributed by atoms with Crippen LogP contribution in [0.3, 0.4) is 0 Å². The number of aliphatic hydroxyl groups excluding tert-OH is 1. The van der Waals surface area contributed by atoms with Crippen LogP contribution in [0.15, 0.2) is 24.3 Å². The number of nitrogens with zero attached hydrogens (tertiary/aromatic N) is 1. The van der Waals surface area contributed by atoms with Crippen molar-refractivity contribution in [2.45, 2.75) is 39.1 Å². The van der Waals surface area contributed by atoms with E-state index in [4.69, 9.17) is 10.00 Å². The summed E-state index contributed by atoms with van der Waals surface area (Å²) in [6.45, 7) is 5.35. The first-order valence-electron chi connectivity index (χ1n) is 5.35. The van der Waals surface area contributed by atoms with Crippen molar-refractivity contribution in [2.75, 3.05) is 0 Å². The predicted octanol–water partition coefficient (Wildman–Crippen LogP) is 2.35. The number of nitriles is 1. The number of hydrogen-bond acceptors (Lipinski definition) is 3. The molecule has 1 N–H and O–H groups in total. The Kier molecular flexibility index (Phi) is 4.48. The zero-order chi connectivity index (χ0) is 12.1. The molecule has 0 heterocycles. The van der Waals surface area contributed by atoms with Gasteiger partial charge in [-0.2, -0.15) is 5.26 Å². The Morgan fingerprint density at radius 3 is 2.44 bits per heavy atom. The van der Waals surface area contributed by atoms with E-state index in [9.17, 15) is 5.11 Å². The smallest absolute Gasteiger partial charge is 0.169 e. The fourth-order valence-electron chi connectivity index (χ4n) is 1.38. The van der Waals surface area contributed by atoms with Gasteiger partial charge in [0.2, 0.25) is 0 Å². The Bertz CT molecular complexity index is 382. The van der Waals surface area contributed by atoms with Gasteiger partial charge in [0.15, 0.2) is 6.10 Å². The molecule has 1 aromatic rings. The standard InChI is InChI=1S/C13H17NO2/c1-9-6-4-5-7-12(9)13(8-14)16-11(3)10(2)15/h4-7,10-11,13,15H,1-3H3. The largest absolute Gasteiger partial charge is 0.391 e.